The lowest BCUT2D eigenvalue weighted by atomic mass is 9.96. The van der Waals surface area contributed by atoms with Gasteiger partial charge in [0.2, 0.25) is 0 Å². The van der Waals surface area contributed by atoms with Crippen LogP contribution in [0.25, 0.3) is 32.9 Å². The lowest BCUT2D eigenvalue weighted by Gasteiger charge is -2.34. The molecule has 2 aromatic carbocycles. The number of fused-ring (bicyclic) bond motifs is 4. The van der Waals surface area contributed by atoms with Gasteiger partial charge >= 0.3 is 6.01 Å². The number of nitrogens with one attached hydrogen (secondary N) is 1. The second-order valence-electron chi connectivity index (χ2n) is 9.83. The van der Waals surface area contributed by atoms with Crippen LogP contribution in [-0.2, 0) is 0 Å². The average Bonchev–Trinajstić information content (AvgIpc) is 3.24. The van der Waals surface area contributed by atoms with E-state index in [1.165, 1.54) is 13.2 Å². The van der Waals surface area contributed by atoms with Gasteiger partial charge in [-0.1, -0.05) is 18.1 Å². The van der Waals surface area contributed by atoms with E-state index in [4.69, 9.17) is 16.1 Å². The van der Waals surface area contributed by atoms with E-state index in [9.17, 15) is 5.11 Å². The maximum atomic E-state index is 16.5. The second-order valence-corrected chi connectivity index (χ2v) is 9.83. The van der Waals surface area contributed by atoms with Gasteiger partial charge in [0.1, 0.15) is 28.6 Å². The van der Waals surface area contributed by atoms with Crippen LogP contribution in [0.1, 0.15) is 18.4 Å². The van der Waals surface area contributed by atoms with Gasteiger partial charge in [-0.2, -0.15) is 9.97 Å². The van der Waals surface area contributed by atoms with Crippen molar-refractivity contribution in [2.45, 2.75) is 24.9 Å². The lowest BCUT2D eigenvalue weighted by molar-refractivity contribution is 0.380. The van der Waals surface area contributed by atoms with Crippen LogP contribution in [0, 0.1) is 18.2 Å². The summed E-state index contributed by atoms with van der Waals surface area (Å²) in [5.74, 6) is 3.16. The molecule has 4 aromatic rings. The SMILES string of the molecule is C#Cc1cccc2cc(O)cc(-c3nc(N(C)C)c4c(N5CC6CCC(C5)N6)nc(OC)nc4c3F)c12. The number of aromatic hydroxyl groups is 1. The number of anilines is 2. The van der Waals surface area contributed by atoms with Crippen molar-refractivity contribution in [2.24, 2.45) is 0 Å². The van der Waals surface area contributed by atoms with E-state index in [0.29, 0.717) is 51.0 Å². The molecule has 0 spiro atoms. The number of hydrogen-bond acceptors (Lipinski definition) is 8. The summed E-state index contributed by atoms with van der Waals surface area (Å²) in [5.41, 5.74) is 1.13. The van der Waals surface area contributed by atoms with Gasteiger partial charge in [0.15, 0.2) is 5.82 Å². The van der Waals surface area contributed by atoms with Crippen LogP contribution in [-0.4, -0.2) is 66.4 Å². The lowest BCUT2D eigenvalue weighted by Crippen LogP contribution is -2.51. The molecule has 2 saturated heterocycles. The minimum absolute atomic E-state index is 0.0124. The van der Waals surface area contributed by atoms with E-state index in [2.05, 4.69) is 26.1 Å². The molecule has 2 N–H and O–H groups in total. The zero-order chi connectivity index (χ0) is 25.8. The number of ether oxygens (including phenoxy) is 1. The Bertz CT molecular complexity index is 1590. The third-order valence-electron chi connectivity index (χ3n) is 7.22. The number of pyridine rings is 1. The number of phenolic OH excluding ortho intramolecular Hbond substituents is 1. The van der Waals surface area contributed by atoms with E-state index >= 15 is 4.39 Å². The predicted molar refractivity (Wildman–Crippen MR) is 143 cm³/mol. The monoisotopic (exact) mass is 498 g/mol. The summed E-state index contributed by atoms with van der Waals surface area (Å²) in [6.45, 7) is 1.51. The molecule has 2 unspecified atom stereocenters. The van der Waals surface area contributed by atoms with Gasteiger partial charge in [-0.3, -0.25) is 0 Å². The summed E-state index contributed by atoms with van der Waals surface area (Å²) in [7, 11) is 5.18. The number of phenols is 1. The molecule has 2 aliphatic heterocycles. The normalized spacial score (nSPS) is 18.8. The highest BCUT2D eigenvalue weighted by atomic mass is 19.1. The van der Waals surface area contributed by atoms with E-state index in [-0.39, 0.29) is 23.0 Å². The number of hydrogen-bond donors (Lipinski definition) is 2. The van der Waals surface area contributed by atoms with Crippen LogP contribution in [0.15, 0.2) is 30.3 Å². The van der Waals surface area contributed by atoms with Crippen LogP contribution in [0.4, 0.5) is 16.0 Å². The van der Waals surface area contributed by atoms with Gasteiger partial charge in [-0.15, -0.1) is 6.42 Å². The van der Waals surface area contributed by atoms with Crippen molar-refractivity contribution in [1.82, 2.24) is 20.3 Å². The number of halogens is 1. The Morgan fingerprint density at radius 2 is 1.89 bits per heavy atom. The number of rotatable bonds is 4. The van der Waals surface area contributed by atoms with Crippen LogP contribution in [0.2, 0.25) is 0 Å². The Kier molecular flexibility index (Phi) is 5.50. The van der Waals surface area contributed by atoms with Crippen molar-refractivity contribution in [3.63, 3.8) is 0 Å². The molecule has 37 heavy (non-hydrogen) atoms. The molecule has 2 aromatic heterocycles. The van der Waals surface area contributed by atoms with E-state index in [0.717, 1.165) is 25.9 Å². The van der Waals surface area contributed by atoms with Crippen molar-refractivity contribution < 1.29 is 14.2 Å². The minimum atomic E-state index is -0.626. The number of terminal acetylenes is 1. The van der Waals surface area contributed by atoms with Gasteiger partial charge < -0.3 is 25.0 Å². The summed E-state index contributed by atoms with van der Waals surface area (Å²) < 4.78 is 21.9. The smallest absolute Gasteiger partial charge is 0.318 e. The van der Waals surface area contributed by atoms with Gasteiger partial charge in [0, 0.05) is 55.8 Å². The molecule has 0 saturated carbocycles. The highest BCUT2D eigenvalue weighted by molar-refractivity contribution is 6.05. The largest absolute Gasteiger partial charge is 0.508 e. The van der Waals surface area contributed by atoms with Crippen molar-refractivity contribution in [2.75, 3.05) is 44.1 Å². The van der Waals surface area contributed by atoms with Gasteiger partial charge in [-0.05, 0) is 36.4 Å². The molecule has 2 atom stereocenters. The Labute approximate surface area is 214 Å². The topological polar surface area (TPSA) is 86.6 Å². The van der Waals surface area contributed by atoms with Crippen LogP contribution >= 0.6 is 0 Å². The fourth-order valence-corrected chi connectivity index (χ4v) is 5.63. The fourth-order valence-electron chi connectivity index (χ4n) is 5.63. The molecule has 188 valence electrons. The summed E-state index contributed by atoms with van der Waals surface area (Å²) in [6.07, 6.45) is 7.99. The number of piperazine rings is 1. The average molecular weight is 499 g/mol. The van der Waals surface area contributed by atoms with Crippen LogP contribution < -0.4 is 19.9 Å². The first-order valence-electron chi connectivity index (χ1n) is 12.2. The van der Waals surface area contributed by atoms with E-state index < -0.39 is 5.82 Å². The highest BCUT2D eigenvalue weighted by Gasteiger charge is 2.35. The zero-order valence-electron chi connectivity index (χ0n) is 20.9. The second kappa shape index (κ2) is 8.75. The maximum absolute atomic E-state index is 16.5. The molecule has 0 aliphatic carbocycles. The first-order chi connectivity index (χ1) is 17.9. The van der Waals surface area contributed by atoms with Crippen molar-refractivity contribution in [1.29, 1.82) is 0 Å². The molecule has 2 bridgehead atoms. The molecule has 0 amide bonds. The van der Waals surface area contributed by atoms with Crippen molar-refractivity contribution >= 4 is 33.3 Å². The third-order valence-corrected chi connectivity index (χ3v) is 7.22. The number of nitrogens with zero attached hydrogens (tertiary/aromatic N) is 5. The Morgan fingerprint density at radius 3 is 2.57 bits per heavy atom. The number of methoxy groups -OCH3 is 1. The predicted octanol–water partition coefficient (Wildman–Crippen LogP) is 3.69. The third kappa shape index (κ3) is 3.76. The molecule has 2 aliphatic rings. The van der Waals surface area contributed by atoms with Crippen LogP contribution in [0.5, 0.6) is 11.8 Å². The fraction of sp³-hybridized carbons (Fsp3) is 0.321. The number of aromatic nitrogens is 3. The quantitative estimate of drug-likeness (QED) is 0.412. The Balaban J connectivity index is 1.67. The Hall–Kier alpha value is -4.16. The summed E-state index contributed by atoms with van der Waals surface area (Å²) in [5, 5.41) is 16.0. The summed E-state index contributed by atoms with van der Waals surface area (Å²) in [6, 6.07) is 9.32. The molecule has 9 heteroatoms. The zero-order valence-corrected chi connectivity index (χ0v) is 20.9. The highest BCUT2D eigenvalue weighted by Crippen LogP contribution is 2.42. The van der Waals surface area contributed by atoms with E-state index in [1.54, 1.807) is 18.2 Å². The molecule has 8 nitrogen and oxygen atoms in total. The standard InChI is InChI=1S/C28H27FN6O2/c1-5-15-7-6-8-16-11-19(36)12-20(21(15)16)24-23(29)25-22(26(31-24)34(2)3)27(33-28(32-25)37-4)35-13-17-9-10-18(14-35)30-17/h1,6-8,11-12,17-18,30,36H,9-10,13-14H2,2-4H3. The molecule has 6 rings (SSSR count). The van der Waals surface area contributed by atoms with Gasteiger partial charge in [-0.25, -0.2) is 9.37 Å². The maximum Gasteiger partial charge on any atom is 0.318 e. The molecule has 4 heterocycles. The Morgan fingerprint density at radius 1 is 1.14 bits per heavy atom. The molecular formula is C28H27FN6O2. The molecule has 2 fully saturated rings. The summed E-state index contributed by atoms with van der Waals surface area (Å²) in [4.78, 5) is 18.0. The van der Waals surface area contributed by atoms with E-state index in [1.807, 2.05) is 25.1 Å². The van der Waals surface area contributed by atoms with Gasteiger partial charge in [0.25, 0.3) is 0 Å². The molecular weight excluding hydrogens is 471 g/mol. The minimum Gasteiger partial charge on any atom is -0.508 e. The van der Waals surface area contributed by atoms with Gasteiger partial charge in [0.05, 0.1) is 12.5 Å². The first-order valence-corrected chi connectivity index (χ1v) is 12.2. The van der Waals surface area contributed by atoms with Crippen LogP contribution in [0.3, 0.4) is 0 Å². The van der Waals surface area contributed by atoms with Crippen molar-refractivity contribution in [3.05, 3.63) is 41.7 Å². The number of benzene rings is 2. The first kappa shape index (κ1) is 23.3. The molecule has 0 radical (unpaired) electrons. The van der Waals surface area contributed by atoms with Crippen molar-refractivity contribution in [3.8, 4) is 35.4 Å². The summed E-state index contributed by atoms with van der Waals surface area (Å²) >= 11 is 0.